The first-order chi connectivity index (χ1) is 12.6. The second-order valence-corrected chi connectivity index (χ2v) is 5.97. The van der Waals surface area contributed by atoms with Crippen molar-refractivity contribution in [2.45, 2.75) is 25.7 Å². The molecule has 0 heterocycles. The maximum atomic E-state index is 12.1. The highest BCUT2D eigenvalue weighted by Gasteiger charge is 2.16. The van der Waals surface area contributed by atoms with Gasteiger partial charge in [0.25, 0.3) is 0 Å². The number of hydrogen-bond donors (Lipinski definition) is 0. The molecule has 26 heavy (non-hydrogen) atoms. The van der Waals surface area contributed by atoms with E-state index in [1.807, 2.05) is 24.3 Å². The summed E-state index contributed by atoms with van der Waals surface area (Å²) >= 11 is 0. The molecule has 0 aliphatic heterocycles. The summed E-state index contributed by atoms with van der Waals surface area (Å²) in [5.74, 6) is -1.18. The molecule has 0 saturated heterocycles. The van der Waals surface area contributed by atoms with E-state index in [0.717, 1.165) is 22.3 Å². The molecule has 2 aromatic rings. The number of aryl methyl sites for hydroxylation is 4. The summed E-state index contributed by atoms with van der Waals surface area (Å²) in [5, 5.41) is 6.43. The van der Waals surface area contributed by atoms with Crippen molar-refractivity contribution >= 4 is 11.8 Å². The second kappa shape index (κ2) is 7.53. The average Bonchev–Trinajstić information content (AvgIpc) is 2.63. The van der Waals surface area contributed by atoms with Gasteiger partial charge >= 0.3 is 0 Å². The highest BCUT2D eigenvalue weighted by atomic mass is 16.2. The van der Waals surface area contributed by atoms with Gasteiger partial charge in [0.2, 0.25) is 11.8 Å². The molecule has 8 nitrogen and oxygen atoms in total. The molecule has 0 saturated carbocycles. The summed E-state index contributed by atoms with van der Waals surface area (Å²) in [6.45, 7) is 0. The van der Waals surface area contributed by atoms with Gasteiger partial charge in [-0.3, -0.25) is 9.59 Å². The molecule has 0 aromatic heterocycles. The third-order valence-electron chi connectivity index (χ3n) is 4.45. The Balaban J connectivity index is 2.05. The zero-order valence-corrected chi connectivity index (χ0v) is 13.8. The molecule has 4 bridgehead atoms. The van der Waals surface area contributed by atoms with Crippen LogP contribution in [-0.2, 0) is 25.7 Å². The molecule has 0 unspecified atom stereocenters. The highest BCUT2D eigenvalue weighted by molar-refractivity contribution is 5.97. The number of benzene rings is 2. The van der Waals surface area contributed by atoms with Gasteiger partial charge in [-0.15, -0.1) is 0 Å². The van der Waals surface area contributed by atoms with E-state index in [4.69, 9.17) is 11.1 Å². The van der Waals surface area contributed by atoms with Crippen LogP contribution in [0.25, 0.3) is 20.9 Å². The van der Waals surface area contributed by atoms with Crippen molar-refractivity contribution in [1.82, 2.24) is 0 Å². The third-order valence-corrected chi connectivity index (χ3v) is 4.45. The van der Waals surface area contributed by atoms with E-state index in [1.54, 1.807) is 12.1 Å². The van der Waals surface area contributed by atoms with Crippen LogP contribution in [0, 0.1) is 0 Å². The minimum atomic E-state index is -0.588. The molecule has 4 aliphatic carbocycles. The van der Waals surface area contributed by atoms with Gasteiger partial charge in [-0.2, -0.15) is 0 Å². The van der Waals surface area contributed by atoms with Crippen LogP contribution in [0.15, 0.2) is 46.6 Å². The maximum Gasteiger partial charge on any atom is 0.249 e. The van der Waals surface area contributed by atoms with Gasteiger partial charge in [0, 0.05) is 21.0 Å². The summed E-state index contributed by atoms with van der Waals surface area (Å²) in [7, 11) is 0. The van der Waals surface area contributed by atoms with Crippen LogP contribution in [0.4, 0.5) is 0 Å². The number of carbonyl (C=O) groups excluding carboxylic acids is 2. The Morgan fingerprint density at radius 2 is 1.15 bits per heavy atom. The maximum absolute atomic E-state index is 12.1. The molecule has 8 heteroatoms. The molecule has 0 spiro atoms. The van der Waals surface area contributed by atoms with E-state index in [0.29, 0.717) is 36.8 Å². The van der Waals surface area contributed by atoms with E-state index in [1.165, 1.54) is 0 Å². The molecular weight excluding hydrogens is 332 g/mol. The Morgan fingerprint density at radius 1 is 0.731 bits per heavy atom. The number of hydrogen-bond acceptors (Lipinski definition) is 2. The van der Waals surface area contributed by atoms with Crippen LogP contribution >= 0.6 is 0 Å². The van der Waals surface area contributed by atoms with Crippen molar-refractivity contribution in [1.29, 1.82) is 0 Å². The molecule has 0 radical (unpaired) electrons. The number of nitrogens with zero attached hydrogens (tertiary/aromatic N) is 6. The molecule has 6 rings (SSSR count). The van der Waals surface area contributed by atoms with Crippen molar-refractivity contribution < 1.29 is 9.59 Å². The van der Waals surface area contributed by atoms with Crippen LogP contribution in [0.3, 0.4) is 0 Å². The number of azide groups is 2. The normalized spacial score (nSPS) is 12.3. The van der Waals surface area contributed by atoms with E-state index in [9.17, 15) is 9.59 Å². The predicted molar refractivity (Wildman–Crippen MR) is 94.7 cm³/mol. The first-order valence-corrected chi connectivity index (χ1v) is 8.05. The molecule has 4 aliphatic rings. The van der Waals surface area contributed by atoms with Crippen molar-refractivity contribution in [3.63, 3.8) is 0 Å². The van der Waals surface area contributed by atoms with Crippen LogP contribution in [0.2, 0.25) is 0 Å². The Bertz CT molecular complexity index is 919. The van der Waals surface area contributed by atoms with Crippen LogP contribution in [0.5, 0.6) is 0 Å². The third kappa shape index (κ3) is 3.57. The number of rotatable bonds is 2. The summed E-state index contributed by atoms with van der Waals surface area (Å²) in [6.07, 6.45) is 2.28. The van der Waals surface area contributed by atoms with E-state index < -0.39 is 11.8 Å². The lowest BCUT2D eigenvalue weighted by Crippen LogP contribution is -2.08. The molecule has 0 atom stereocenters. The largest absolute Gasteiger partial charge is 0.287 e. The Morgan fingerprint density at radius 3 is 1.54 bits per heavy atom. The van der Waals surface area contributed by atoms with Gasteiger partial charge in [-0.1, -0.05) is 24.3 Å². The Hall–Kier alpha value is -3.60. The quantitative estimate of drug-likeness (QED) is 0.451. The summed E-state index contributed by atoms with van der Waals surface area (Å²) < 4.78 is 0. The van der Waals surface area contributed by atoms with E-state index in [2.05, 4.69) is 20.1 Å². The zero-order chi connectivity index (χ0) is 18.5. The van der Waals surface area contributed by atoms with Crippen LogP contribution in [-0.4, -0.2) is 11.8 Å². The lowest BCUT2D eigenvalue weighted by Gasteiger charge is -2.14. The minimum absolute atomic E-state index is 0.417. The fraction of sp³-hybridized carbons (Fsp3) is 0.222. The van der Waals surface area contributed by atoms with Crippen molar-refractivity contribution in [3.8, 4) is 0 Å². The van der Waals surface area contributed by atoms with Gasteiger partial charge in [-0.05, 0) is 81.4 Å². The minimum Gasteiger partial charge on any atom is -0.287 e. The van der Waals surface area contributed by atoms with Crippen molar-refractivity contribution in [2.24, 2.45) is 10.2 Å². The standard InChI is InChI=1S/C18H14N6O2/c19-23-21-17(25)15-9-11-1-5-13(15)8-4-12-2-6-14(7-3-11)16(10-12)18(26)22-24-20/h1-2,5-6,9-10H,3-4,7-8H2. The molecule has 0 N–H and O–H groups in total. The van der Waals surface area contributed by atoms with Crippen LogP contribution in [0.1, 0.15) is 43.0 Å². The lowest BCUT2D eigenvalue weighted by atomic mass is 9.91. The molecule has 0 fully saturated rings. The summed E-state index contributed by atoms with van der Waals surface area (Å²) in [5.41, 5.74) is 21.3. The first kappa shape index (κ1) is 17.2. The van der Waals surface area contributed by atoms with Crippen molar-refractivity contribution in [2.75, 3.05) is 0 Å². The Labute approximate surface area is 148 Å². The van der Waals surface area contributed by atoms with Crippen molar-refractivity contribution in [3.05, 3.63) is 90.7 Å². The highest BCUT2D eigenvalue weighted by Crippen LogP contribution is 2.22. The van der Waals surface area contributed by atoms with Gasteiger partial charge < -0.3 is 0 Å². The SMILES string of the molecule is [N-]=[N+]=NC(=O)c1cc2ccc1CCc1ccc(c(C(=O)N=[N+]=[N-])c1)CC2. The fourth-order valence-corrected chi connectivity index (χ4v) is 3.14. The van der Waals surface area contributed by atoms with Crippen LogP contribution < -0.4 is 0 Å². The topological polar surface area (TPSA) is 132 Å². The predicted octanol–water partition coefficient (Wildman–Crippen LogP) is 4.47. The summed E-state index contributed by atoms with van der Waals surface area (Å²) in [6, 6.07) is 11.1. The van der Waals surface area contributed by atoms with E-state index in [-0.39, 0.29) is 0 Å². The smallest absolute Gasteiger partial charge is 0.249 e. The van der Waals surface area contributed by atoms with Gasteiger partial charge in [-0.25, -0.2) is 0 Å². The monoisotopic (exact) mass is 346 g/mol. The number of carbonyl (C=O) groups is 2. The molecule has 128 valence electrons. The first-order valence-electron chi connectivity index (χ1n) is 8.05. The Kier molecular flexibility index (Phi) is 4.99. The molecule has 2 aromatic carbocycles. The lowest BCUT2D eigenvalue weighted by molar-refractivity contribution is 0.0991. The van der Waals surface area contributed by atoms with E-state index >= 15 is 0 Å². The van der Waals surface area contributed by atoms with Gasteiger partial charge in [0.15, 0.2) is 0 Å². The zero-order valence-electron chi connectivity index (χ0n) is 13.8. The molecule has 2 amide bonds. The summed E-state index contributed by atoms with van der Waals surface area (Å²) in [4.78, 5) is 29.4. The second-order valence-electron chi connectivity index (χ2n) is 5.97. The van der Waals surface area contributed by atoms with Gasteiger partial charge in [0.05, 0.1) is 0 Å². The number of amides is 2. The average molecular weight is 346 g/mol. The fourth-order valence-electron chi connectivity index (χ4n) is 3.14. The molecular formula is C18H14N6O2. The van der Waals surface area contributed by atoms with Gasteiger partial charge in [0.1, 0.15) is 0 Å².